The summed E-state index contributed by atoms with van der Waals surface area (Å²) in [6.45, 7) is 0. The quantitative estimate of drug-likeness (QED) is 0.824. The maximum absolute atomic E-state index is 4.25. The first-order valence-electron chi connectivity index (χ1n) is 5.47. The van der Waals surface area contributed by atoms with Crippen LogP contribution < -0.4 is 0 Å². The maximum atomic E-state index is 4.25. The van der Waals surface area contributed by atoms with Crippen molar-refractivity contribution in [2.75, 3.05) is 0 Å². The molecule has 0 spiro atoms. The third kappa shape index (κ3) is 2.84. The summed E-state index contributed by atoms with van der Waals surface area (Å²) in [7, 11) is 0. The number of imidazole rings is 1. The van der Waals surface area contributed by atoms with E-state index in [-0.39, 0.29) is 0 Å². The third-order valence-electron chi connectivity index (χ3n) is 3.03. The minimum Gasteiger partial charge on any atom is -0.349 e. The molecule has 0 radical (unpaired) electrons. The topological polar surface area (TPSA) is 28.7 Å². The Bertz CT molecular complexity index is 252. The van der Waals surface area contributed by atoms with Gasteiger partial charge in [-0.05, 0) is 12.3 Å². The molecule has 78 valence electrons. The molecule has 0 aliphatic heterocycles. The molecule has 14 heavy (non-hydrogen) atoms. The standard InChI is InChI=1S/C11H17BrN2/c12-10(7-9-3-1-2-4-9)8-11-13-5-6-14-11/h5-6,9-10H,1-4,7-8H2,(H,13,14). The van der Waals surface area contributed by atoms with E-state index in [9.17, 15) is 0 Å². The van der Waals surface area contributed by atoms with Crippen LogP contribution in [0.2, 0.25) is 0 Å². The molecule has 1 unspecified atom stereocenters. The fourth-order valence-corrected chi connectivity index (χ4v) is 3.15. The fraction of sp³-hybridized carbons (Fsp3) is 0.727. The number of nitrogens with one attached hydrogen (secondary N) is 1. The molecule has 0 saturated heterocycles. The number of aromatic amines is 1. The predicted molar refractivity (Wildman–Crippen MR) is 61.6 cm³/mol. The van der Waals surface area contributed by atoms with Crippen molar-refractivity contribution in [2.45, 2.75) is 43.4 Å². The highest BCUT2D eigenvalue weighted by Crippen LogP contribution is 2.31. The lowest BCUT2D eigenvalue weighted by atomic mass is 10.0. The van der Waals surface area contributed by atoms with Crippen molar-refractivity contribution < 1.29 is 0 Å². The summed E-state index contributed by atoms with van der Waals surface area (Å²) < 4.78 is 0. The van der Waals surface area contributed by atoms with E-state index < -0.39 is 0 Å². The van der Waals surface area contributed by atoms with Gasteiger partial charge in [0.2, 0.25) is 0 Å². The van der Waals surface area contributed by atoms with Crippen molar-refractivity contribution in [2.24, 2.45) is 5.92 Å². The molecule has 2 nitrogen and oxygen atoms in total. The molecule has 0 bridgehead atoms. The van der Waals surface area contributed by atoms with Crippen LogP contribution in [-0.4, -0.2) is 14.8 Å². The fourth-order valence-electron chi connectivity index (χ4n) is 2.31. The lowest BCUT2D eigenvalue weighted by Gasteiger charge is -2.13. The summed E-state index contributed by atoms with van der Waals surface area (Å²) >= 11 is 3.75. The Morgan fingerprint density at radius 1 is 1.50 bits per heavy atom. The van der Waals surface area contributed by atoms with Gasteiger partial charge in [-0.25, -0.2) is 4.98 Å². The average molecular weight is 257 g/mol. The van der Waals surface area contributed by atoms with Crippen molar-refractivity contribution >= 4 is 15.9 Å². The smallest absolute Gasteiger partial charge is 0.107 e. The van der Waals surface area contributed by atoms with E-state index >= 15 is 0 Å². The highest BCUT2D eigenvalue weighted by molar-refractivity contribution is 9.09. The summed E-state index contributed by atoms with van der Waals surface area (Å²) in [6.07, 6.45) is 11.8. The van der Waals surface area contributed by atoms with Gasteiger partial charge in [0.1, 0.15) is 5.82 Å². The minimum absolute atomic E-state index is 0.594. The number of hydrogen-bond acceptors (Lipinski definition) is 1. The van der Waals surface area contributed by atoms with Gasteiger partial charge < -0.3 is 4.98 Å². The first-order chi connectivity index (χ1) is 6.84. The van der Waals surface area contributed by atoms with Crippen LogP contribution in [0.15, 0.2) is 12.4 Å². The highest BCUT2D eigenvalue weighted by Gasteiger charge is 2.19. The average Bonchev–Trinajstić information content (AvgIpc) is 2.76. The normalized spacial score (nSPS) is 20.1. The Kier molecular flexibility index (Phi) is 3.62. The SMILES string of the molecule is BrC(Cc1ncc[nH]1)CC1CCCC1. The van der Waals surface area contributed by atoms with Crippen molar-refractivity contribution in [1.29, 1.82) is 0 Å². The van der Waals surface area contributed by atoms with Gasteiger partial charge >= 0.3 is 0 Å². The summed E-state index contributed by atoms with van der Waals surface area (Å²) in [6, 6.07) is 0. The zero-order valence-corrected chi connectivity index (χ0v) is 9.96. The van der Waals surface area contributed by atoms with E-state index in [4.69, 9.17) is 0 Å². The van der Waals surface area contributed by atoms with E-state index in [0.29, 0.717) is 4.83 Å². The summed E-state index contributed by atoms with van der Waals surface area (Å²) in [5, 5.41) is 0. The van der Waals surface area contributed by atoms with Crippen LogP contribution in [-0.2, 0) is 6.42 Å². The van der Waals surface area contributed by atoms with Crippen molar-refractivity contribution in [1.82, 2.24) is 9.97 Å². The van der Waals surface area contributed by atoms with E-state index in [2.05, 4.69) is 25.9 Å². The molecular formula is C11H17BrN2. The van der Waals surface area contributed by atoms with Gasteiger partial charge in [0, 0.05) is 23.6 Å². The molecule has 0 aromatic carbocycles. The zero-order valence-electron chi connectivity index (χ0n) is 8.38. The predicted octanol–water partition coefficient (Wildman–Crippen LogP) is 3.30. The third-order valence-corrected chi connectivity index (χ3v) is 3.73. The number of halogens is 1. The largest absolute Gasteiger partial charge is 0.349 e. The van der Waals surface area contributed by atoms with Crippen LogP contribution in [0.3, 0.4) is 0 Å². The molecule has 3 heteroatoms. The van der Waals surface area contributed by atoms with Crippen molar-refractivity contribution in [3.05, 3.63) is 18.2 Å². The maximum Gasteiger partial charge on any atom is 0.107 e. The number of rotatable bonds is 4. The summed E-state index contributed by atoms with van der Waals surface area (Å²) in [5.74, 6) is 2.05. The lowest BCUT2D eigenvalue weighted by molar-refractivity contribution is 0.492. The van der Waals surface area contributed by atoms with E-state index in [1.165, 1.54) is 32.1 Å². The second-order valence-electron chi connectivity index (χ2n) is 4.22. The van der Waals surface area contributed by atoms with Gasteiger partial charge in [-0.2, -0.15) is 0 Å². The van der Waals surface area contributed by atoms with Crippen LogP contribution in [0, 0.1) is 5.92 Å². The monoisotopic (exact) mass is 256 g/mol. The Balaban J connectivity index is 1.75. The Labute approximate surface area is 93.6 Å². The summed E-state index contributed by atoms with van der Waals surface area (Å²) in [5.41, 5.74) is 0. The first kappa shape index (κ1) is 10.2. The molecule has 1 fully saturated rings. The first-order valence-corrected chi connectivity index (χ1v) is 6.38. The molecular weight excluding hydrogens is 240 g/mol. The van der Waals surface area contributed by atoms with E-state index in [0.717, 1.165) is 18.2 Å². The lowest BCUT2D eigenvalue weighted by Crippen LogP contribution is -2.09. The summed E-state index contributed by atoms with van der Waals surface area (Å²) in [4.78, 5) is 7.99. The van der Waals surface area contributed by atoms with E-state index in [1.54, 1.807) is 0 Å². The van der Waals surface area contributed by atoms with Gasteiger partial charge in [-0.3, -0.25) is 0 Å². The molecule has 1 heterocycles. The van der Waals surface area contributed by atoms with Crippen LogP contribution in [0.25, 0.3) is 0 Å². The van der Waals surface area contributed by atoms with Crippen molar-refractivity contribution in [3.63, 3.8) is 0 Å². The van der Waals surface area contributed by atoms with Crippen molar-refractivity contribution in [3.8, 4) is 0 Å². The van der Waals surface area contributed by atoms with Gasteiger partial charge in [0.25, 0.3) is 0 Å². The van der Waals surface area contributed by atoms with E-state index in [1.807, 2.05) is 12.4 Å². The number of hydrogen-bond donors (Lipinski definition) is 1. The Morgan fingerprint density at radius 3 is 2.93 bits per heavy atom. The molecule has 2 rings (SSSR count). The van der Waals surface area contributed by atoms with Crippen LogP contribution >= 0.6 is 15.9 Å². The van der Waals surface area contributed by atoms with Crippen LogP contribution in [0.5, 0.6) is 0 Å². The van der Waals surface area contributed by atoms with Gasteiger partial charge in [-0.1, -0.05) is 41.6 Å². The van der Waals surface area contributed by atoms with Crippen LogP contribution in [0.1, 0.15) is 37.9 Å². The molecule has 1 aliphatic carbocycles. The molecule has 1 atom stereocenters. The molecule has 1 saturated carbocycles. The van der Waals surface area contributed by atoms with Gasteiger partial charge in [-0.15, -0.1) is 0 Å². The van der Waals surface area contributed by atoms with Crippen LogP contribution in [0.4, 0.5) is 0 Å². The Hall–Kier alpha value is -0.310. The number of alkyl halides is 1. The molecule has 0 amide bonds. The van der Waals surface area contributed by atoms with Gasteiger partial charge in [0.15, 0.2) is 0 Å². The Morgan fingerprint density at radius 2 is 2.29 bits per heavy atom. The number of aromatic nitrogens is 2. The zero-order chi connectivity index (χ0) is 9.80. The second-order valence-corrected chi connectivity index (χ2v) is 5.52. The molecule has 1 aromatic rings. The molecule has 1 aromatic heterocycles. The van der Waals surface area contributed by atoms with Gasteiger partial charge in [0.05, 0.1) is 0 Å². The highest BCUT2D eigenvalue weighted by atomic mass is 79.9. The molecule has 1 N–H and O–H groups in total. The number of nitrogens with zero attached hydrogens (tertiary/aromatic N) is 1. The number of H-pyrrole nitrogens is 1. The minimum atomic E-state index is 0.594. The molecule has 1 aliphatic rings. The second kappa shape index (κ2) is 4.96.